The molecule has 1 N–H and O–H groups in total. The van der Waals surface area contributed by atoms with Crippen LogP contribution >= 0.6 is 0 Å². The number of methoxy groups -OCH3 is 1. The predicted octanol–water partition coefficient (Wildman–Crippen LogP) is 2.12. The minimum absolute atomic E-state index is 0.0848. The van der Waals surface area contributed by atoms with Gasteiger partial charge >= 0.3 is 0 Å². The lowest BCUT2D eigenvalue weighted by molar-refractivity contribution is 0.0955. The average Bonchev–Trinajstić information content (AvgIpc) is 2.67. The van der Waals surface area contributed by atoms with E-state index in [0.717, 1.165) is 22.4 Å². The number of carbonyl (C=O) groups is 1. The van der Waals surface area contributed by atoms with Crippen LogP contribution in [-0.2, 0) is 23.0 Å². The lowest BCUT2D eigenvalue weighted by Crippen LogP contribution is -2.40. The van der Waals surface area contributed by atoms with Gasteiger partial charge in [-0.3, -0.25) is 4.79 Å². The first kappa shape index (κ1) is 19.4. The molecule has 0 saturated carbocycles. The van der Waals surface area contributed by atoms with Gasteiger partial charge in [-0.1, -0.05) is 24.3 Å². The summed E-state index contributed by atoms with van der Waals surface area (Å²) < 4.78 is 32.0. The standard InChI is InChI=1S/C20H24N2O4S/c1-15-5-3-4-6-19(15)20(23)21-10-12-27(24,25)22-11-9-16-13-18(26-2)8-7-17(16)14-22/h3-8,13H,9-12,14H2,1-2H3,(H,21,23). The Morgan fingerprint density at radius 2 is 1.96 bits per heavy atom. The summed E-state index contributed by atoms with van der Waals surface area (Å²) in [4.78, 5) is 12.2. The number of amides is 1. The normalized spacial score (nSPS) is 14.4. The van der Waals surface area contributed by atoms with E-state index in [9.17, 15) is 13.2 Å². The molecule has 0 atom stereocenters. The fourth-order valence-electron chi connectivity index (χ4n) is 3.21. The van der Waals surface area contributed by atoms with Crippen molar-refractivity contribution >= 4 is 15.9 Å². The maximum absolute atomic E-state index is 12.7. The van der Waals surface area contributed by atoms with Crippen molar-refractivity contribution in [3.05, 3.63) is 64.7 Å². The number of ether oxygens (including phenoxy) is 1. The molecular weight excluding hydrogens is 364 g/mol. The Hall–Kier alpha value is -2.38. The van der Waals surface area contributed by atoms with E-state index < -0.39 is 10.0 Å². The van der Waals surface area contributed by atoms with Gasteiger partial charge in [-0.15, -0.1) is 0 Å². The molecular formula is C20H24N2O4S. The summed E-state index contributed by atoms with van der Waals surface area (Å²) in [6.07, 6.45) is 0.654. The average molecular weight is 388 g/mol. The third-order valence-electron chi connectivity index (χ3n) is 4.82. The van der Waals surface area contributed by atoms with Crippen molar-refractivity contribution in [1.29, 1.82) is 0 Å². The van der Waals surface area contributed by atoms with Gasteiger partial charge in [0.05, 0.1) is 12.9 Å². The van der Waals surface area contributed by atoms with Gasteiger partial charge in [-0.2, -0.15) is 4.31 Å². The number of nitrogens with zero attached hydrogens (tertiary/aromatic N) is 1. The molecule has 6 nitrogen and oxygen atoms in total. The van der Waals surface area contributed by atoms with Crippen LogP contribution in [0.1, 0.15) is 27.0 Å². The zero-order chi connectivity index (χ0) is 19.4. The fourth-order valence-corrected chi connectivity index (χ4v) is 4.54. The van der Waals surface area contributed by atoms with Crippen molar-refractivity contribution in [2.45, 2.75) is 19.9 Å². The van der Waals surface area contributed by atoms with E-state index in [1.165, 1.54) is 4.31 Å². The maximum atomic E-state index is 12.7. The number of sulfonamides is 1. The van der Waals surface area contributed by atoms with Crippen molar-refractivity contribution in [2.24, 2.45) is 0 Å². The Labute approximate surface area is 160 Å². The highest BCUT2D eigenvalue weighted by atomic mass is 32.2. The van der Waals surface area contributed by atoms with Gasteiger partial charge < -0.3 is 10.1 Å². The number of carbonyl (C=O) groups excluding carboxylic acids is 1. The minimum Gasteiger partial charge on any atom is -0.497 e. The minimum atomic E-state index is -3.44. The highest BCUT2D eigenvalue weighted by molar-refractivity contribution is 7.89. The van der Waals surface area contributed by atoms with Crippen LogP contribution in [0.5, 0.6) is 5.75 Å². The Morgan fingerprint density at radius 3 is 2.70 bits per heavy atom. The van der Waals surface area contributed by atoms with Crippen molar-refractivity contribution in [3.8, 4) is 5.75 Å². The molecule has 0 saturated heterocycles. The molecule has 144 valence electrons. The molecule has 3 rings (SSSR count). The van der Waals surface area contributed by atoms with Crippen molar-refractivity contribution in [1.82, 2.24) is 9.62 Å². The summed E-state index contributed by atoms with van der Waals surface area (Å²) in [7, 11) is -1.82. The second-order valence-electron chi connectivity index (χ2n) is 6.61. The second-order valence-corrected chi connectivity index (χ2v) is 8.69. The van der Waals surface area contributed by atoms with Gasteiger partial charge in [0.15, 0.2) is 0 Å². The number of nitrogens with one attached hydrogen (secondary N) is 1. The highest BCUT2D eigenvalue weighted by Gasteiger charge is 2.26. The van der Waals surface area contributed by atoms with E-state index in [2.05, 4.69) is 5.32 Å². The summed E-state index contributed by atoms with van der Waals surface area (Å²) in [6, 6.07) is 13.0. The Kier molecular flexibility index (Phi) is 5.82. The van der Waals surface area contributed by atoms with E-state index in [1.807, 2.05) is 37.3 Å². The quantitative estimate of drug-likeness (QED) is 0.823. The Balaban J connectivity index is 1.59. The first-order valence-electron chi connectivity index (χ1n) is 8.88. The Morgan fingerprint density at radius 1 is 1.19 bits per heavy atom. The molecule has 1 aliphatic heterocycles. The predicted molar refractivity (Wildman–Crippen MR) is 104 cm³/mol. The van der Waals surface area contributed by atoms with Crippen molar-refractivity contribution in [2.75, 3.05) is 26.0 Å². The van der Waals surface area contributed by atoms with Crippen LogP contribution in [0, 0.1) is 6.92 Å². The number of hydrogen-bond donors (Lipinski definition) is 1. The van der Waals surface area contributed by atoms with Crippen molar-refractivity contribution < 1.29 is 17.9 Å². The lowest BCUT2D eigenvalue weighted by atomic mass is 10.0. The van der Waals surface area contributed by atoms with Gasteiger partial charge in [0.25, 0.3) is 5.91 Å². The molecule has 2 aromatic rings. The van der Waals surface area contributed by atoms with Gasteiger partial charge in [0.1, 0.15) is 5.75 Å². The SMILES string of the molecule is COc1ccc2c(c1)CCN(S(=O)(=O)CCNC(=O)c1ccccc1C)C2. The summed E-state index contributed by atoms with van der Waals surface area (Å²) in [5.74, 6) is 0.416. The van der Waals surface area contributed by atoms with Crippen LogP contribution in [0.25, 0.3) is 0 Å². The maximum Gasteiger partial charge on any atom is 0.251 e. The number of aryl methyl sites for hydroxylation is 1. The van der Waals surface area contributed by atoms with Gasteiger partial charge in [-0.05, 0) is 48.2 Å². The Bertz CT molecular complexity index is 941. The van der Waals surface area contributed by atoms with Crippen LogP contribution in [-0.4, -0.2) is 44.6 Å². The number of fused-ring (bicyclic) bond motifs is 1. The molecule has 0 spiro atoms. The van der Waals surface area contributed by atoms with Gasteiger partial charge in [-0.25, -0.2) is 8.42 Å². The van der Waals surface area contributed by atoms with Crippen LogP contribution in [0.2, 0.25) is 0 Å². The number of hydrogen-bond acceptors (Lipinski definition) is 4. The topological polar surface area (TPSA) is 75.7 Å². The molecule has 0 aromatic heterocycles. The molecule has 0 fully saturated rings. The molecule has 2 aromatic carbocycles. The summed E-state index contributed by atoms with van der Waals surface area (Å²) in [5, 5.41) is 2.71. The van der Waals surface area contributed by atoms with E-state index >= 15 is 0 Å². The molecule has 1 aliphatic rings. The van der Waals surface area contributed by atoms with E-state index in [1.54, 1.807) is 19.2 Å². The zero-order valence-electron chi connectivity index (χ0n) is 15.6. The summed E-state index contributed by atoms with van der Waals surface area (Å²) in [5.41, 5.74) is 3.54. The molecule has 7 heteroatoms. The molecule has 0 unspecified atom stereocenters. The smallest absolute Gasteiger partial charge is 0.251 e. The zero-order valence-corrected chi connectivity index (χ0v) is 16.4. The molecule has 0 radical (unpaired) electrons. The van der Waals surface area contributed by atoms with Crippen molar-refractivity contribution in [3.63, 3.8) is 0 Å². The number of rotatable bonds is 6. The fraction of sp³-hybridized carbons (Fsp3) is 0.350. The first-order chi connectivity index (χ1) is 12.9. The largest absolute Gasteiger partial charge is 0.497 e. The molecule has 0 bridgehead atoms. The van der Waals surface area contributed by atoms with E-state index in [4.69, 9.17) is 4.74 Å². The van der Waals surface area contributed by atoms with E-state index in [-0.39, 0.29) is 18.2 Å². The third-order valence-corrected chi connectivity index (χ3v) is 6.64. The highest BCUT2D eigenvalue weighted by Crippen LogP contribution is 2.25. The molecule has 0 aliphatic carbocycles. The van der Waals surface area contributed by atoms with Crippen LogP contribution in [0.3, 0.4) is 0 Å². The second kappa shape index (κ2) is 8.10. The molecule has 1 heterocycles. The van der Waals surface area contributed by atoms with Crippen LogP contribution < -0.4 is 10.1 Å². The number of benzene rings is 2. The third kappa shape index (κ3) is 4.48. The monoisotopic (exact) mass is 388 g/mol. The van der Waals surface area contributed by atoms with Gasteiger partial charge in [0.2, 0.25) is 10.0 Å². The molecule has 1 amide bonds. The molecule has 27 heavy (non-hydrogen) atoms. The lowest BCUT2D eigenvalue weighted by Gasteiger charge is -2.28. The van der Waals surface area contributed by atoms with Crippen LogP contribution in [0.15, 0.2) is 42.5 Å². The first-order valence-corrected chi connectivity index (χ1v) is 10.5. The van der Waals surface area contributed by atoms with Crippen LogP contribution in [0.4, 0.5) is 0 Å². The summed E-state index contributed by atoms with van der Waals surface area (Å²) in [6.45, 7) is 2.73. The van der Waals surface area contributed by atoms with E-state index in [0.29, 0.717) is 25.1 Å². The van der Waals surface area contributed by atoms with Gasteiger partial charge in [0, 0.05) is 25.2 Å². The summed E-state index contributed by atoms with van der Waals surface area (Å²) >= 11 is 0.